The summed E-state index contributed by atoms with van der Waals surface area (Å²) in [7, 11) is 0. The van der Waals surface area contributed by atoms with Gasteiger partial charge in [-0.2, -0.15) is 0 Å². The number of rotatable bonds is 3. The minimum absolute atomic E-state index is 0.227. The van der Waals surface area contributed by atoms with Crippen molar-refractivity contribution < 1.29 is 9.50 Å². The smallest absolute Gasteiger partial charge is 0.123 e. The Kier molecular flexibility index (Phi) is 3.66. The molecule has 4 rings (SSSR count). The van der Waals surface area contributed by atoms with E-state index in [9.17, 15) is 9.50 Å². The van der Waals surface area contributed by atoms with Crippen LogP contribution < -0.4 is 0 Å². The number of hydrogen-bond donors (Lipinski definition) is 1. The molecule has 3 nitrogen and oxygen atoms in total. The number of benzene rings is 1. The molecule has 0 amide bonds. The molecule has 2 aromatic rings. The van der Waals surface area contributed by atoms with Gasteiger partial charge < -0.3 is 5.11 Å². The van der Waals surface area contributed by atoms with Crippen LogP contribution >= 0.6 is 0 Å². The van der Waals surface area contributed by atoms with Gasteiger partial charge in [0.1, 0.15) is 5.82 Å². The van der Waals surface area contributed by atoms with Gasteiger partial charge in [-0.1, -0.05) is 18.2 Å². The van der Waals surface area contributed by atoms with Crippen molar-refractivity contribution in [1.82, 2.24) is 9.88 Å². The average molecular weight is 312 g/mol. The fourth-order valence-corrected chi connectivity index (χ4v) is 4.36. The number of halogens is 1. The molecule has 1 saturated carbocycles. The molecule has 3 unspecified atom stereocenters. The van der Waals surface area contributed by atoms with Crippen molar-refractivity contribution in [2.24, 2.45) is 11.8 Å². The monoisotopic (exact) mass is 312 g/mol. The molecule has 0 spiro atoms. The molecule has 1 aliphatic heterocycles. The standard InChI is InChI=1S/C19H21FN2O/c20-17-5-3-16(4-6-17)19(23)8-7-15-12-22(13-18(15)19)11-14-2-1-9-21-10-14/h1-6,9-10,15,18,23H,7-8,11-13H2. The second kappa shape index (κ2) is 5.69. The van der Waals surface area contributed by atoms with Crippen LogP contribution in [0.4, 0.5) is 4.39 Å². The normalized spacial score (nSPS) is 30.5. The van der Waals surface area contributed by atoms with E-state index >= 15 is 0 Å². The van der Waals surface area contributed by atoms with Gasteiger partial charge in [-0.3, -0.25) is 9.88 Å². The number of hydrogen-bond acceptors (Lipinski definition) is 3. The first-order chi connectivity index (χ1) is 11.1. The maximum atomic E-state index is 13.2. The first-order valence-corrected chi connectivity index (χ1v) is 8.25. The number of pyridine rings is 1. The van der Waals surface area contributed by atoms with E-state index in [4.69, 9.17) is 0 Å². The maximum absolute atomic E-state index is 13.2. The van der Waals surface area contributed by atoms with Gasteiger partial charge in [0.15, 0.2) is 0 Å². The summed E-state index contributed by atoms with van der Waals surface area (Å²) in [6.07, 6.45) is 5.49. The molecular formula is C19H21FN2O. The molecule has 0 radical (unpaired) electrons. The predicted molar refractivity (Wildman–Crippen MR) is 86.0 cm³/mol. The molecule has 1 aromatic carbocycles. The van der Waals surface area contributed by atoms with Crippen molar-refractivity contribution in [2.45, 2.75) is 25.0 Å². The van der Waals surface area contributed by atoms with Crippen molar-refractivity contribution in [3.05, 3.63) is 65.7 Å². The Balaban J connectivity index is 1.52. The predicted octanol–water partition coefficient (Wildman–Crippen LogP) is 2.95. The second-order valence-corrected chi connectivity index (χ2v) is 6.89. The van der Waals surface area contributed by atoms with E-state index < -0.39 is 5.60 Å². The van der Waals surface area contributed by atoms with Crippen molar-refractivity contribution in [2.75, 3.05) is 13.1 Å². The molecule has 1 saturated heterocycles. The minimum atomic E-state index is -0.817. The molecule has 3 atom stereocenters. The highest BCUT2D eigenvalue weighted by Crippen LogP contribution is 2.50. The summed E-state index contributed by atoms with van der Waals surface area (Å²) in [4.78, 5) is 6.57. The Morgan fingerprint density at radius 2 is 2.04 bits per heavy atom. The highest BCUT2D eigenvalue weighted by Gasteiger charge is 2.52. The minimum Gasteiger partial charge on any atom is -0.385 e. The molecule has 1 aromatic heterocycles. The second-order valence-electron chi connectivity index (χ2n) is 6.89. The van der Waals surface area contributed by atoms with Crippen LogP contribution in [-0.2, 0) is 12.1 Å². The van der Waals surface area contributed by atoms with Gasteiger partial charge in [-0.05, 0) is 48.1 Å². The van der Waals surface area contributed by atoms with Crippen molar-refractivity contribution >= 4 is 0 Å². The first-order valence-electron chi connectivity index (χ1n) is 8.25. The Morgan fingerprint density at radius 3 is 2.78 bits per heavy atom. The number of aliphatic hydroxyl groups is 1. The highest BCUT2D eigenvalue weighted by atomic mass is 19.1. The molecule has 2 heterocycles. The molecule has 1 aliphatic carbocycles. The Morgan fingerprint density at radius 1 is 1.22 bits per heavy atom. The third kappa shape index (κ3) is 2.66. The van der Waals surface area contributed by atoms with Crippen LogP contribution in [0.1, 0.15) is 24.0 Å². The summed E-state index contributed by atoms with van der Waals surface area (Å²) in [5.74, 6) is 0.489. The van der Waals surface area contributed by atoms with E-state index in [2.05, 4.69) is 16.0 Å². The fraction of sp³-hybridized carbons (Fsp3) is 0.421. The molecule has 23 heavy (non-hydrogen) atoms. The van der Waals surface area contributed by atoms with E-state index in [1.54, 1.807) is 18.3 Å². The third-order valence-corrected chi connectivity index (χ3v) is 5.50. The van der Waals surface area contributed by atoms with Gasteiger partial charge in [0, 0.05) is 37.9 Å². The zero-order chi connectivity index (χ0) is 15.9. The Hall–Kier alpha value is -1.78. The van der Waals surface area contributed by atoms with Crippen LogP contribution in [0.15, 0.2) is 48.8 Å². The van der Waals surface area contributed by atoms with Gasteiger partial charge in [-0.15, -0.1) is 0 Å². The lowest BCUT2D eigenvalue weighted by molar-refractivity contribution is -0.00688. The zero-order valence-electron chi connectivity index (χ0n) is 13.0. The average Bonchev–Trinajstić information content (AvgIpc) is 3.10. The van der Waals surface area contributed by atoms with E-state index in [1.165, 1.54) is 17.7 Å². The van der Waals surface area contributed by atoms with Gasteiger partial charge in [0.2, 0.25) is 0 Å². The van der Waals surface area contributed by atoms with Gasteiger partial charge in [0.25, 0.3) is 0 Å². The zero-order valence-corrected chi connectivity index (χ0v) is 13.0. The number of aromatic nitrogens is 1. The van der Waals surface area contributed by atoms with Crippen LogP contribution in [-0.4, -0.2) is 28.1 Å². The topological polar surface area (TPSA) is 36.4 Å². The largest absolute Gasteiger partial charge is 0.385 e. The van der Waals surface area contributed by atoms with Crippen LogP contribution in [0.5, 0.6) is 0 Å². The van der Waals surface area contributed by atoms with Crippen molar-refractivity contribution in [1.29, 1.82) is 0 Å². The third-order valence-electron chi connectivity index (χ3n) is 5.50. The summed E-state index contributed by atoms with van der Waals surface area (Å²) >= 11 is 0. The van der Waals surface area contributed by atoms with Crippen LogP contribution in [0.2, 0.25) is 0 Å². The van der Waals surface area contributed by atoms with Gasteiger partial charge in [-0.25, -0.2) is 4.39 Å². The SMILES string of the molecule is OC1(c2ccc(F)cc2)CCC2CN(Cc3cccnc3)CC21. The van der Waals surface area contributed by atoms with E-state index in [1.807, 2.05) is 12.3 Å². The molecular weight excluding hydrogens is 291 g/mol. The van der Waals surface area contributed by atoms with Crippen LogP contribution in [0.25, 0.3) is 0 Å². The van der Waals surface area contributed by atoms with E-state index in [0.717, 1.165) is 38.0 Å². The Bertz CT molecular complexity index is 676. The lowest BCUT2D eigenvalue weighted by atomic mass is 9.82. The summed E-state index contributed by atoms with van der Waals surface area (Å²) in [6.45, 7) is 2.77. The highest BCUT2D eigenvalue weighted by molar-refractivity contribution is 5.27. The van der Waals surface area contributed by atoms with Crippen LogP contribution in [0, 0.1) is 17.7 Å². The molecule has 0 bridgehead atoms. The summed E-state index contributed by atoms with van der Waals surface area (Å²) in [5, 5.41) is 11.2. The molecule has 4 heteroatoms. The van der Waals surface area contributed by atoms with Crippen molar-refractivity contribution in [3.63, 3.8) is 0 Å². The number of likely N-dealkylation sites (tertiary alicyclic amines) is 1. The summed E-state index contributed by atoms with van der Waals surface area (Å²) in [5.41, 5.74) is 1.25. The van der Waals surface area contributed by atoms with Gasteiger partial charge >= 0.3 is 0 Å². The lowest BCUT2D eigenvalue weighted by Gasteiger charge is -2.31. The first kappa shape index (κ1) is 14.8. The van der Waals surface area contributed by atoms with E-state index in [0.29, 0.717) is 5.92 Å². The molecule has 2 aliphatic rings. The summed E-state index contributed by atoms with van der Waals surface area (Å²) < 4.78 is 13.2. The van der Waals surface area contributed by atoms with Gasteiger partial charge in [0.05, 0.1) is 5.60 Å². The number of nitrogens with zero attached hydrogens (tertiary/aromatic N) is 2. The summed E-state index contributed by atoms with van der Waals surface area (Å²) in [6, 6.07) is 10.4. The lowest BCUT2D eigenvalue weighted by Crippen LogP contribution is -2.34. The quantitative estimate of drug-likeness (QED) is 0.946. The maximum Gasteiger partial charge on any atom is 0.123 e. The number of fused-ring (bicyclic) bond motifs is 1. The van der Waals surface area contributed by atoms with Crippen molar-refractivity contribution in [3.8, 4) is 0 Å². The molecule has 120 valence electrons. The molecule has 2 fully saturated rings. The molecule has 1 N–H and O–H groups in total. The Labute approximate surface area is 135 Å². The fourth-order valence-electron chi connectivity index (χ4n) is 4.36. The van der Waals surface area contributed by atoms with Crippen LogP contribution in [0.3, 0.4) is 0 Å². The van der Waals surface area contributed by atoms with E-state index in [-0.39, 0.29) is 11.7 Å².